The Labute approximate surface area is 104 Å². The predicted molar refractivity (Wildman–Crippen MR) is 70.3 cm³/mol. The summed E-state index contributed by atoms with van der Waals surface area (Å²) in [5, 5.41) is 4.52. The molecule has 2 heterocycles. The van der Waals surface area contributed by atoms with Gasteiger partial charge in [-0.25, -0.2) is 0 Å². The van der Waals surface area contributed by atoms with Crippen LogP contribution in [0.25, 0.3) is 0 Å². The monoisotopic (exact) mass is 259 g/mol. The first-order valence-corrected chi connectivity index (χ1v) is 7.36. The highest BCUT2D eigenvalue weighted by atomic mass is 32.2. The number of thioether (sulfide) groups is 1. The molecule has 2 atom stereocenters. The zero-order chi connectivity index (χ0) is 11.5. The van der Waals surface area contributed by atoms with Crippen molar-refractivity contribution in [2.75, 3.05) is 30.5 Å². The van der Waals surface area contributed by atoms with E-state index < -0.39 is 0 Å². The third kappa shape index (κ3) is 2.44. The van der Waals surface area contributed by atoms with Gasteiger partial charge < -0.3 is 15.8 Å². The van der Waals surface area contributed by atoms with Gasteiger partial charge in [-0.3, -0.25) is 0 Å². The van der Waals surface area contributed by atoms with E-state index >= 15 is 0 Å². The Morgan fingerprint density at radius 3 is 3.12 bits per heavy atom. The fraction of sp³-hybridized carbons (Fsp3) is 0.700. The first-order valence-electron chi connectivity index (χ1n) is 5.37. The first kappa shape index (κ1) is 12.0. The molecule has 0 amide bonds. The maximum Gasteiger partial charge on any atom is 0.153 e. The fourth-order valence-electron chi connectivity index (χ4n) is 1.87. The minimum atomic E-state index is 0.357. The zero-order valence-electron chi connectivity index (χ0n) is 9.53. The second-order valence-corrected chi connectivity index (χ2v) is 5.53. The quantitative estimate of drug-likeness (QED) is 0.812. The van der Waals surface area contributed by atoms with Crippen molar-refractivity contribution in [2.24, 2.45) is 5.92 Å². The maximum absolute atomic E-state index is 5.78. The third-order valence-corrected chi connectivity index (χ3v) is 4.71. The van der Waals surface area contributed by atoms with Crippen LogP contribution >= 0.6 is 23.3 Å². The minimum Gasteiger partial charge on any atom is -0.382 e. The lowest BCUT2D eigenvalue weighted by Crippen LogP contribution is -2.20. The molecule has 0 aromatic carbocycles. The average molecular weight is 259 g/mol. The number of hydrogen-bond acceptors (Lipinski definition) is 6. The molecule has 6 heteroatoms. The van der Waals surface area contributed by atoms with Crippen molar-refractivity contribution in [1.82, 2.24) is 4.37 Å². The third-order valence-electron chi connectivity index (χ3n) is 2.94. The van der Waals surface area contributed by atoms with Crippen molar-refractivity contribution in [1.29, 1.82) is 0 Å². The molecule has 1 aliphatic rings. The van der Waals surface area contributed by atoms with Crippen LogP contribution in [0.2, 0.25) is 0 Å². The number of hydrogen-bond donors (Lipinski definition) is 2. The molecule has 2 unspecified atom stereocenters. The number of anilines is 2. The molecular weight excluding hydrogens is 242 g/mol. The van der Waals surface area contributed by atoms with E-state index in [9.17, 15) is 0 Å². The molecule has 90 valence electrons. The van der Waals surface area contributed by atoms with Gasteiger partial charge in [-0.15, -0.1) is 11.8 Å². The van der Waals surface area contributed by atoms with E-state index in [-0.39, 0.29) is 0 Å². The van der Waals surface area contributed by atoms with Crippen molar-refractivity contribution < 1.29 is 4.74 Å². The Balaban J connectivity index is 1.94. The summed E-state index contributed by atoms with van der Waals surface area (Å²) in [6.45, 7) is 3.96. The van der Waals surface area contributed by atoms with Gasteiger partial charge in [0.15, 0.2) is 5.82 Å². The number of nitrogen functional groups attached to an aromatic ring is 1. The van der Waals surface area contributed by atoms with Crippen LogP contribution in [-0.4, -0.2) is 29.9 Å². The molecule has 1 saturated heterocycles. The number of rotatable bonds is 4. The molecule has 3 N–H and O–H groups in total. The molecule has 16 heavy (non-hydrogen) atoms. The summed E-state index contributed by atoms with van der Waals surface area (Å²) in [6, 6.07) is 0. The molecule has 2 rings (SSSR count). The van der Waals surface area contributed by atoms with Gasteiger partial charge in [-0.05, 0) is 31.1 Å². The highest BCUT2D eigenvalue weighted by molar-refractivity contribution is 7.99. The first-order chi connectivity index (χ1) is 7.72. The summed E-state index contributed by atoms with van der Waals surface area (Å²) in [7, 11) is 0. The van der Waals surface area contributed by atoms with E-state index in [0.717, 1.165) is 29.5 Å². The van der Waals surface area contributed by atoms with E-state index in [4.69, 9.17) is 10.5 Å². The standard InChI is InChI=1S/C10H17N3OS2/c1-6-7(3-4-14-6)5-12-10-8(15-2)9(11)13-16-10/h6-7,12H,3-5H2,1-2H3,(H2,11,13). The molecule has 0 radical (unpaired) electrons. The molecule has 1 aromatic heterocycles. The van der Waals surface area contributed by atoms with Gasteiger partial charge in [-0.2, -0.15) is 4.37 Å². The highest BCUT2D eigenvalue weighted by Crippen LogP contribution is 2.35. The fourth-order valence-corrected chi connectivity index (χ4v) is 3.42. The maximum atomic E-state index is 5.78. The topological polar surface area (TPSA) is 60.2 Å². The number of nitrogens with one attached hydrogen (secondary N) is 1. The number of aromatic nitrogens is 1. The van der Waals surface area contributed by atoms with Crippen molar-refractivity contribution in [2.45, 2.75) is 24.3 Å². The normalized spacial score (nSPS) is 24.9. The molecule has 0 saturated carbocycles. The van der Waals surface area contributed by atoms with Crippen LogP contribution in [0.15, 0.2) is 4.90 Å². The lowest BCUT2D eigenvalue weighted by Gasteiger charge is -2.14. The van der Waals surface area contributed by atoms with Crippen molar-refractivity contribution in [3.05, 3.63) is 0 Å². The van der Waals surface area contributed by atoms with E-state index in [1.807, 2.05) is 6.26 Å². The summed E-state index contributed by atoms with van der Waals surface area (Å²) in [4.78, 5) is 1.07. The Bertz CT molecular complexity index is 356. The highest BCUT2D eigenvalue weighted by Gasteiger charge is 2.24. The minimum absolute atomic E-state index is 0.357. The lowest BCUT2D eigenvalue weighted by atomic mass is 10.0. The van der Waals surface area contributed by atoms with Crippen LogP contribution in [0.4, 0.5) is 10.8 Å². The summed E-state index contributed by atoms with van der Waals surface area (Å²) in [5.74, 6) is 1.23. The lowest BCUT2D eigenvalue weighted by molar-refractivity contribution is 0.108. The van der Waals surface area contributed by atoms with E-state index in [1.165, 1.54) is 11.5 Å². The summed E-state index contributed by atoms with van der Waals surface area (Å²) >= 11 is 3.08. The molecular formula is C10H17N3OS2. The van der Waals surface area contributed by atoms with Crippen LogP contribution in [0, 0.1) is 5.92 Å². The van der Waals surface area contributed by atoms with Gasteiger partial charge in [-0.1, -0.05) is 0 Å². The van der Waals surface area contributed by atoms with Gasteiger partial charge in [0, 0.05) is 19.1 Å². The molecule has 1 aliphatic heterocycles. The van der Waals surface area contributed by atoms with Gasteiger partial charge in [0.2, 0.25) is 0 Å². The number of nitrogens with two attached hydrogens (primary N) is 1. The molecule has 4 nitrogen and oxygen atoms in total. The van der Waals surface area contributed by atoms with Gasteiger partial charge in [0.25, 0.3) is 0 Å². The Hall–Kier alpha value is -0.460. The zero-order valence-corrected chi connectivity index (χ0v) is 11.2. The van der Waals surface area contributed by atoms with Crippen molar-refractivity contribution in [3.8, 4) is 0 Å². The SMILES string of the molecule is CSc1c(N)nsc1NCC1CCOC1C. The summed E-state index contributed by atoms with van der Waals surface area (Å²) < 4.78 is 9.69. The van der Waals surface area contributed by atoms with Gasteiger partial charge in [0.1, 0.15) is 5.00 Å². The van der Waals surface area contributed by atoms with Gasteiger partial charge >= 0.3 is 0 Å². The smallest absolute Gasteiger partial charge is 0.153 e. The Morgan fingerprint density at radius 1 is 1.69 bits per heavy atom. The Morgan fingerprint density at radius 2 is 2.50 bits per heavy atom. The summed E-state index contributed by atoms with van der Waals surface area (Å²) in [5.41, 5.74) is 5.78. The van der Waals surface area contributed by atoms with Crippen molar-refractivity contribution >= 4 is 34.1 Å². The van der Waals surface area contributed by atoms with E-state index in [2.05, 4.69) is 16.6 Å². The number of ether oxygens (including phenoxy) is 1. The van der Waals surface area contributed by atoms with E-state index in [0.29, 0.717) is 17.8 Å². The van der Waals surface area contributed by atoms with Crippen LogP contribution in [0.1, 0.15) is 13.3 Å². The number of nitrogens with zero attached hydrogens (tertiary/aromatic N) is 1. The largest absolute Gasteiger partial charge is 0.382 e. The van der Waals surface area contributed by atoms with Crippen LogP contribution in [0.5, 0.6) is 0 Å². The summed E-state index contributed by atoms with van der Waals surface area (Å²) in [6.07, 6.45) is 3.51. The van der Waals surface area contributed by atoms with Crippen LogP contribution in [-0.2, 0) is 4.74 Å². The average Bonchev–Trinajstić information content (AvgIpc) is 2.82. The van der Waals surface area contributed by atoms with Gasteiger partial charge in [0.05, 0.1) is 11.0 Å². The second kappa shape index (κ2) is 5.25. The Kier molecular flexibility index (Phi) is 3.94. The van der Waals surface area contributed by atoms with Crippen molar-refractivity contribution in [3.63, 3.8) is 0 Å². The molecule has 1 fully saturated rings. The van der Waals surface area contributed by atoms with E-state index in [1.54, 1.807) is 11.8 Å². The van der Waals surface area contributed by atoms with Crippen LogP contribution in [0.3, 0.4) is 0 Å². The molecule has 0 aliphatic carbocycles. The molecule has 0 spiro atoms. The molecule has 0 bridgehead atoms. The molecule has 1 aromatic rings. The van der Waals surface area contributed by atoms with Crippen LogP contribution < -0.4 is 11.1 Å². The predicted octanol–water partition coefficient (Wildman–Crippen LogP) is 2.28. The second-order valence-electron chi connectivity index (χ2n) is 3.94.